The molecule has 1 aromatic carbocycles. The third-order valence-electron chi connectivity index (χ3n) is 2.59. The van der Waals surface area contributed by atoms with Crippen molar-refractivity contribution in [2.24, 2.45) is 5.73 Å². The highest BCUT2D eigenvalue weighted by Crippen LogP contribution is 2.16. The van der Waals surface area contributed by atoms with Gasteiger partial charge < -0.3 is 15.9 Å². The number of ether oxygens (including phenoxy) is 1. The standard InChI is InChI=1S/C14H19FN2O/c1-10(16)12(11(2)17)6-5-9-18-14-8-4-3-7-13(14)15/h3-4,7-8,16H,5-6,9,17H2,1-2H3/b12-11-,16-10?. The van der Waals surface area contributed by atoms with Gasteiger partial charge in [0.1, 0.15) is 0 Å². The van der Waals surface area contributed by atoms with Gasteiger partial charge in [0.2, 0.25) is 0 Å². The van der Waals surface area contributed by atoms with Gasteiger partial charge in [-0.1, -0.05) is 12.1 Å². The highest BCUT2D eigenvalue weighted by molar-refractivity contribution is 5.96. The van der Waals surface area contributed by atoms with Gasteiger partial charge in [-0.25, -0.2) is 4.39 Å². The third-order valence-corrected chi connectivity index (χ3v) is 2.59. The second-order valence-electron chi connectivity index (χ2n) is 4.17. The molecule has 0 heterocycles. The second-order valence-corrected chi connectivity index (χ2v) is 4.17. The fourth-order valence-corrected chi connectivity index (χ4v) is 1.67. The molecule has 4 heteroatoms. The van der Waals surface area contributed by atoms with Crippen LogP contribution in [0.25, 0.3) is 0 Å². The maximum Gasteiger partial charge on any atom is 0.165 e. The van der Waals surface area contributed by atoms with Gasteiger partial charge in [-0.2, -0.15) is 0 Å². The van der Waals surface area contributed by atoms with Crippen molar-refractivity contribution in [2.75, 3.05) is 6.61 Å². The molecule has 3 nitrogen and oxygen atoms in total. The summed E-state index contributed by atoms with van der Waals surface area (Å²) in [5.74, 6) is -0.0921. The highest BCUT2D eigenvalue weighted by Gasteiger charge is 2.05. The molecule has 0 radical (unpaired) electrons. The Hall–Kier alpha value is -1.84. The SMILES string of the molecule is CC(=N)/C(CCCOc1ccccc1F)=C(/C)N. The van der Waals surface area contributed by atoms with E-state index in [0.717, 1.165) is 5.57 Å². The van der Waals surface area contributed by atoms with Crippen LogP contribution in [0.2, 0.25) is 0 Å². The molecule has 0 saturated heterocycles. The van der Waals surface area contributed by atoms with E-state index in [9.17, 15) is 4.39 Å². The Morgan fingerprint density at radius 3 is 2.56 bits per heavy atom. The van der Waals surface area contributed by atoms with Crippen molar-refractivity contribution < 1.29 is 9.13 Å². The van der Waals surface area contributed by atoms with Crippen molar-refractivity contribution in [1.29, 1.82) is 5.41 Å². The van der Waals surface area contributed by atoms with Gasteiger partial charge in [0.05, 0.1) is 6.61 Å². The number of allylic oxidation sites excluding steroid dienone is 2. The van der Waals surface area contributed by atoms with Crippen LogP contribution in [0.3, 0.4) is 0 Å². The van der Waals surface area contributed by atoms with E-state index >= 15 is 0 Å². The molecule has 0 spiro atoms. The van der Waals surface area contributed by atoms with Crippen LogP contribution in [-0.2, 0) is 0 Å². The molecule has 0 unspecified atom stereocenters. The fourth-order valence-electron chi connectivity index (χ4n) is 1.67. The minimum atomic E-state index is -0.355. The van der Waals surface area contributed by atoms with Crippen molar-refractivity contribution in [2.45, 2.75) is 26.7 Å². The first-order chi connectivity index (χ1) is 8.52. The summed E-state index contributed by atoms with van der Waals surface area (Å²) in [6, 6.07) is 6.32. The second kappa shape index (κ2) is 6.79. The Morgan fingerprint density at radius 2 is 2.00 bits per heavy atom. The lowest BCUT2D eigenvalue weighted by atomic mass is 10.0. The van der Waals surface area contributed by atoms with E-state index in [1.165, 1.54) is 6.07 Å². The molecule has 0 aliphatic heterocycles. The average Bonchev–Trinajstić information content (AvgIpc) is 2.30. The monoisotopic (exact) mass is 250 g/mol. The molecule has 0 saturated carbocycles. The molecule has 0 amide bonds. The molecular weight excluding hydrogens is 231 g/mol. The quantitative estimate of drug-likeness (QED) is 0.601. The smallest absolute Gasteiger partial charge is 0.165 e. The maximum atomic E-state index is 13.2. The Labute approximate surface area is 107 Å². The summed E-state index contributed by atoms with van der Waals surface area (Å²) in [6.07, 6.45) is 1.38. The molecule has 0 bridgehead atoms. The van der Waals surface area contributed by atoms with Gasteiger partial charge in [-0.15, -0.1) is 0 Å². The van der Waals surface area contributed by atoms with E-state index in [1.807, 2.05) is 0 Å². The van der Waals surface area contributed by atoms with Crippen molar-refractivity contribution in [1.82, 2.24) is 0 Å². The molecule has 0 aromatic heterocycles. The van der Waals surface area contributed by atoms with Crippen molar-refractivity contribution in [3.63, 3.8) is 0 Å². The zero-order chi connectivity index (χ0) is 13.5. The van der Waals surface area contributed by atoms with E-state index in [4.69, 9.17) is 15.9 Å². The maximum absolute atomic E-state index is 13.2. The van der Waals surface area contributed by atoms with Gasteiger partial charge in [0.15, 0.2) is 11.6 Å². The Morgan fingerprint density at radius 1 is 1.33 bits per heavy atom. The minimum Gasteiger partial charge on any atom is -0.491 e. The van der Waals surface area contributed by atoms with Gasteiger partial charge in [-0.05, 0) is 44.4 Å². The van der Waals surface area contributed by atoms with Gasteiger partial charge in [0.25, 0.3) is 0 Å². The molecule has 0 fully saturated rings. The fraction of sp³-hybridized carbons (Fsp3) is 0.357. The van der Waals surface area contributed by atoms with Crippen LogP contribution in [-0.4, -0.2) is 12.3 Å². The predicted molar refractivity (Wildman–Crippen MR) is 71.4 cm³/mol. The first-order valence-electron chi connectivity index (χ1n) is 5.90. The van der Waals surface area contributed by atoms with Crippen molar-refractivity contribution in [3.05, 3.63) is 41.4 Å². The molecule has 3 N–H and O–H groups in total. The van der Waals surface area contributed by atoms with Crippen LogP contribution >= 0.6 is 0 Å². The lowest BCUT2D eigenvalue weighted by molar-refractivity contribution is 0.296. The molecule has 18 heavy (non-hydrogen) atoms. The summed E-state index contributed by atoms with van der Waals surface area (Å²) in [4.78, 5) is 0. The molecule has 0 aliphatic carbocycles. The highest BCUT2D eigenvalue weighted by atomic mass is 19.1. The molecule has 0 atom stereocenters. The first-order valence-corrected chi connectivity index (χ1v) is 5.90. The van der Waals surface area contributed by atoms with Crippen LogP contribution < -0.4 is 10.5 Å². The summed E-state index contributed by atoms with van der Waals surface area (Å²) >= 11 is 0. The zero-order valence-electron chi connectivity index (χ0n) is 10.8. The number of hydrogen-bond donors (Lipinski definition) is 2. The van der Waals surface area contributed by atoms with Crippen LogP contribution in [0.5, 0.6) is 5.75 Å². The number of nitrogens with two attached hydrogens (primary N) is 1. The van der Waals surface area contributed by atoms with E-state index in [1.54, 1.807) is 32.0 Å². The van der Waals surface area contributed by atoms with E-state index in [-0.39, 0.29) is 11.6 Å². The molecule has 1 aromatic rings. The average molecular weight is 250 g/mol. The summed E-state index contributed by atoms with van der Waals surface area (Å²) in [5, 5.41) is 7.58. The number of rotatable bonds is 6. The number of para-hydroxylation sites is 1. The van der Waals surface area contributed by atoms with Gasteiger partial charge in [-0.3, -0.25) is 0 Å². The largest absolute Gasteiger partial charge is 0.491 e. The molecule has 1 rings (SSSR count). The van der Waals surface area contributed by atoms with E-state index in [2.05, 4.69) is 0 Å². The molecule has 0 aliphatic rings. The molecule has 98 valence electrons. The number of benzene rings is 1. The first kappa shape index (κ1) is 14.2. The van der Waals surface area contributed by atoms with E-state index < -0.39 is 0 Å². The van der Waals surface area contributed by atoms with Crippen molar-refractivity contribution in [3.8, 4) is 5.75 Å². The lowest BCUT2D eigenvalue weighted by Gasteiger charge is -2.10. The van der Waals surface area contributed by atoms with Crippen LogP contribution in [0.1, 0.15) is 26.7 Å². The Bertz CT molecular complexity index is 451. The van der Waals surface area contributed by atoms with Crippen molar-refractivity contribution >= 4 is 5.71 Å². The van der Waals surface area contributed by atoms with Crippen LogP contribution in [0.15, 0.2) is 35.5 Å². The third kappa shape index (κ3) is 4.20. The van der Waals surface area contributed by atoms with Gasteiger partial charge >= 0.3 is 0 Å². The van der Waals surface area contributed by atoms with Crippen LogP contribution in [0, 0.1) is 11.2 Å². The number of nitrogens with one attached hydrogen (secondary N) is 1. The van der Waals surface area contributed by atoms with Gasteiger partial charge in [0, 0.05) is 11.4 Å². The Kier molecular flexibility index (Phi) is 5.36. The summed E-state index contributed by atoms with van der Waals surface area (Å²) in [5.41, 5.74) is 7.67. The van der Waals surface area contributed by atoms with Crippen LogP contribution in [0.4, 0.5) is 4.39 Å². The number of hydrogen-bond acceptors (Lipinski definition) is 3. The normalized spacial score (nSPS) is 11.9. The zero-order valence-corrected chi connectivity index (χ0v) is 10.8. The van der Waals surface area contributed by atoms with E-state index in [0.29, 0.717) is 30.9 Å². The topological polar surface area (TPSA) is 59.1 Å². The lowest BCUT2D eigenvalue weighted by Crippen LogP contribution is -2.07. The predicted octanol–water partition coefficient (Wildman–Crippen LogP) is 3.26. The molecular formula is C14H19FN2O. The summed E-state index contributed by atoms with van der Waals surface area (Å²) < 4.78 is 18.6. The minimum absolute atomic E-state index is 0.263. The summed E-state index contributed by atoms with van der Waals surface area (Å²) in [6.45, 7) is 3.90. The summed E-state index contributed by atoms with van der Waals surface area (Å²) in [7, 11) is 0. The number of halogens is 1. The Balaban J connectivity index is 2.42.